The maximum atomic E-state index is 5.32. The zero-order valence-corrected chi connectivity index (χ0v) is 10.8. The van der Waals surface area contributed by atoms with E-state index in [4.69, 9.17) is 17.0 Å². The topological polar surface area (TPSA) is 47.0 Å². The Kier molecular flexibility index (Phi) is 4.20. The second-order valence-electron chi connectivity index (χ2n) is 3.50. The highest BCUT2D eigenvalue weighted by Crippen LogP contribution is 2.11. The molecule has 0 amide bonds. The Morgan fingerprint density at radius 1 is 1.28 bits per heavy atom. The van der Waals surface area contributed by atoms with E-state index in [-0.39, 0.29) is 0 Å². The molecular formula is C13H13N3OS. The van der Waals surface area contributed by atoms with Gasteiger partial charge in [0.1, 0.15) is 10.7 Å². The Bertz CT molecular complexity index is 514. The summed E-state index contributed by atoms with van der Waals surface area (Å²) in [6.45, 7) is 2.56. The molecule has 2 heterocycles. The van der Waals surface area contributed by atoms with Crippen molar-refractivity contribution in [3.63, 3.8) is 0 Å². The first-order valence-electron chi connectivity index (χ1n) is 5.60. The van der Waals surface area contributed by atoms with Gasteiger partial charge in [-0.25, -0.2) is 4.98 Å². The molecule has 0 atom stereocenters. The summed E-state index contributed by atoms with van der Waals surface area (Å²) >= 11 is 5.28. The fourth-order valence-electron chi connectivity index (χ4n) is 1.40. The van der Waals surface area contributed by atoms with E-state index in [1.54, 1.807) is 18.6 Å². The minimum atomic E-state index is 0.573. The van der Waals surface area contributed by atoms with Gasteiger partial charge in [-0.2, -0.15) is 0 Å². The van der Waals surface area contributed by atoms with Crippen LogP contribution in [0.2, 0.25) is 0 Å². The number of anilines is 1. The highest BCUT2D eigenvalue weighted by atomic mass is 32.1. The van der Waals surface area contributed by atoms with Gasteiger partial charge < -0.3 is 10.1 Å². The average molecular weight is 259 g/mol. The molecule has 18 heavy (non-hydrogen) atoms. The van der Waals surface area contributed by atoms with Crippen molar-refractivity contribution in [1.82, 2.24) is 9.97 Å². The van der Waals surface area contributed by atoms with E-state index in [1.165, 1.54) is 0 Å². The molecule has 0 saturated carbocycles. The van der Waals surface area contributed by atoms with Crippen molar-refractivity contribution in [2.75, 3.05) is 11.9 Å². The number of hydrogen-bond acceptors (Lipinski definition) is 4. The number of rotatable bonds is 4. The lowest BCUT2D eigenvalue weighted by atomic mass is 10.3. The normalized spacial score (nSPS) is 9.83. The molecule has 2 aromatic heterocycles. The molecule has 2 rings (SSSR count). The molecule has 2 aromatic rings. The summed E-state index contributed by atoms with van der Waals surface area (Å²) in [5, 5.41) is 3.10. The van der Waals surface area contributed by atoms with Crippen molar-refractivity contribution in [2.45, 2.75) is 6.92 Å². The van der Waals surface area contributed by atoms with E-state index in [1.807, 2.05) is 31.2 Å². The molecule has 0 fully saturated rings. The van der Waals surface area contributed by atoms with E-state index in [0.29, 0.717) is 17.3 Å². The molecule has 0 bridgehead atoms. The third-order valence-corrected chi connectivity index (χ3v) is 2.53. The lowest BCUT2D eigenvalue weighted by Crippen LogP contribution is -2.12. The second kappa shape index (κ2) is 6.07. The lowest BCUT2D eigenvalue weighted by Gasteiger charge is -2.07. The zero-order chi connectivity index (χ0) is 12.8. The van der Waals surface area contributed by atoms with Gasteiger partial charge in [0, 0.05) is 18.1 Å². The molecule has 0 unspecified atom stereocenters. The number of nitrogens with zero attached hydrogens (tertiary/aromatic N) is 2. The Hall–Kier alpha value is -2.01. The molecule has 0 aliphatic rings. The van der Waals surface area contributed by atoms with Crippen molar-refractivity contribution in [1.29, 1.82) is 0 Å². The Morgan fingerprint density at radius 3 is 2.67 bits per heavy atom. The Labute approximate surface area is 111 Å². The van der Waals surface area contributed by atoms with Crippen LogP contribution in [-0.2, 0) is 0 Å². The molecule has 5 heteroatoms. The number of nitrogens with one attached hydrogen (secondary N) is 1. The van der Waals surface area contributed by atoms with Gasteiger partial charge >= 0.3 is 0 Å². The fourth-order valence-corrected chi connectivity index (χ4v) is 1.64. The van der Waals surface area contributed by atoms with Crippen LogP contribution >= 0.6 is 12.2 Å². The van der Waals surface area contributed by atoms with Crippen molar-refractivity contribution in [2.24, 2.45) is 0 Å². The second-order valence-corrected chi connectivity index (χ2v) is 3.91. The minimum Gasteiger partial charge on any atom is -0.492 e. The molecular weight excluding hydrogens is 246 g/mol. The van der Waals surface area contributed by atoms with E-state index in [2.05, 4.69) is 15.3 Å². The van der Waals surface area contributed by atoms with Crippen LogP contribution in [0.25, 0.3) is 0 Å². The summed E-state index contributed by atoms with van der Waals surface area (Å²) in [4.78, 5) is 8.76. The van der Waals surface area contributed by atoms with Gasteiger partial charge in [-0.3, -0.25) is 4.98 Å². The highest BCUT2D eigenvalue weighted by molar-refractivity contribution is 7.81. The number of thiocarbonyl (C=S) groups is 1. The largest absolute Gasteiger partial charge is 0.492 e. The van der Waals surface area contributed by atoms with Crippen LogP contribution in [0.5, 0.6) is 5.75 Å². The van der Waals surface area contributed by atoms with Gasteiger partial charge in [0.15, 0.2) is 0 Å². The standard InChI is InChI=1S/C13H13N3OS/c1-2-17-11-3-4-12(15-9-11)13(18)16-10-5-7-14-8-6-10/h3-9H,2H2,1H3,(H,14,16,18). The molecule has 0 saturated heterocycles. The molecule has 0 spiro atoms. The van der Waals surface area contributed by atoms with Gasteiger partial charge in [-0.05, 0) is 31.2 Å². The molecule has 92 valence electrons. The van der Waals surface area contributed by atoms with E-state index >= 15 is 0 Å². The molecule has 0 aliphatic heterocycles. The van der Waals surface area contributed by atoms with Crippen LogP contribution in [0.1, 0.15) is 12.6 Å². The van der Waals surface area contributed by atoms with Gasteiger partial charge in [0.2, 0.25) is 0 Å². The summed E-state index contributed by atoms with van der Waals surface area (Å²) in [6.07, 6.45) is 5.08. The summed E-state index contributed by atoms with van der Waals surface area (Å²) in [5.74, 6) is 0.743. The maximum absolute atomic E-state index is 5.32. The van der Waals surface area contributed by atoms with Gasteiger partial charge in [-0.15, -0.1) is 0 Å². The van der Waals surface area contributed by atoms with E-state index in [0.717, 1.165) is 11.4 Å². The van der Waals surface area contributed by atoms with Crippen LogP contribution in [-0.4, -0.2) is 21.6 Å². The first-order valence-corrected chi connectivity index (χ1v) is 6.00. The van der Waals surface area contributed by atoms with Gasteiger partial charge in [0.05, 0.1) is 18.5 Å². The number of pyridine rings is 2. The molecule has 4 nitrogen and oxygen atoms in total. The third kappa shape index (κ3) is 3.24. The van der Waals surface area contributed by atoms with Crippen LogP contribution in [0.4, 0.5) is 5.69 Å². The first-order chi connectivity index (χ1) is 8.79. The zero-order valence-electron chi connectivity index (χ0n) is 9.96. The van der Waals surface area contributed by atoms with Crippen LogP contribution in [0.15, 0.2) is 42.9 Å². The third-order valence-electron chi connectivity index (χ3n) is 2.22. The molecule has 0 radical (unpaired) electrons. The van der Waals surface area contributed by atoms with Gasteiger partial charge in [0.25, 0.3) is 0 Å². The Balaban J connectivity index is 2.05. The smallest absolute Gasteiger partial charge is 0.137 e. The van der Waals surface area contributed by atoms with Crippen molar-refractivity contribution in [3.05, 3.63) is 48.5 Å². The van der Waals surface area contributed by atoms with Crippen LogP contribution < -0.4 is 10.1 Å². The monoisotopic (exact) mass is 259 g/mol. The maximum Gasteiger partial charge on any atom is 0.137 e. The molecule has 0 aliphatic carbocycles. The number of hydrogen-bond donors (Lipinski definition) is 1. The number of ether oxygens (including phenoxy) is 1. The highest BCUT2D eigenvalue weighted by Gasteiger charge is 2.03. The minimum absolute atomic E-state index is 0.573. The summed E-state index contributed by atoms with van der Waals surface area (Å²) in [6, 6.07) is 7.38. The van der Waals surface area contributed by atoms with Crippen molar-refractivity contribution in [3.8, 4) is 5.75 Å². The van der Waals surface area contributed by atoms with Crippen LogP contribution in [0.3, 0.4) is 0 Å². The predicted molar refractivity (Wildman–Crippen MR) is 75.0 cm³/mol. The average Bonchev–Trinajstić information content (AvgIpc) is 2.41. The number of aromatic nitrogens is 2. The lowest BCUT2D eigenvalue weighted by molar-refractivity contribution is 0.339. The summed E-state index contributed by atoms with van der Waals surface area (Å²) in [5.41, 5.74) is 1.61. The summed E-state index contributed by atoms with van der Waals surface area (Å²) in [7, 11) is 0. The van der Waals surface area contributed by atoms with Crippen molar-refractivity contribution < 1.29 is 4.74 Å². The molecule has 1 N–H and O–H groups in total. The summed E-state index contributed by atoms with van der Waals surface area (Å²) < 4.78 is 5.32. The van der Waals surface area contributed by atoms with E-state index < -0.39 is 0 Å². The predicted octanol–water partition coefficient (Wildman–Crippen LogP) is 2.66. The Morgan fingerprint density at radius 2 is 2.06 bits per heavy atom. The SMILES string of the molecule is CCOc1ccc(C(=S)Nc2ccncc2)nc1. The fraction of sp³-hybridized carbons (Fsp3) is 0.154. The quantitative estimate of drug-likeness (QED) is 0.855. The van der Waals surface area contributed by atoms with Crippen LogP contribution in [0, 0.1) is 0 Å². The van der Waals surface area contributed by atoms with E-state index in [9.17, 15) is 0 Å². The first kappa shape index (κ1) is 12.4. The van der Waals surface area contributed by atoms with Crippen molar-refractivity contribution >= 4 is 22.9 Å². The van der Waals surface area contributed by atoms with Gasteiger partial charge in [-0.1, -0.05) is 12.2 Å². The molecule has 0 aromatic carbocycles.